The standard InChI is InChI=1S/C23H26N4O3S/c1-13(2)30-20-10-9-14(11-18(20)24)22-26-27-23(31-22)17-7-3-6-16-15(17)5-4-8-19(16)25-21(29)12-28/h3,6-7,9-11,13,19,28H,4-5,8,12,24H2,1-2H3,(H,25,29)/t19-/m1/s1. The van der Waals surface area contributed by atoms with Crippen LogP contribution in [-0.2, 0) is 11.2 Å². The van der Waals surface area contributed by atoms with E-state index in [0.29, 0.717) is 11.4 Å². The summed E-state index contributed by atoms with van der Waals surface area (Å²) in [6, 6.07) is 11.6. The molecule has 31 heavy (non-hydrogen) atoms. The van der Waals surface area contributed by atoms with Crippen molar-refractivity contribution in [2.24, 2.45) is 0 Å². The number of anilines is 1. The smallest absolute Gasteiger partial charge is 0.246 e. The highest BCUT2D eigenvalue weighted by atomic mass is 32.1. The predicted octanol–water partition coefficient (Wildman–Crippen LogP) is 3.73. The molecule has 1 amide bonds. The van der Waals surface area contributed by atoms with Crippen molar-refractivity contribution in [2.75, 3.05) is 12.3 Å². The lowest BCUT2D eigenvalue weighted by atomic mass is 9.85. The number of benzene rings is 2. The van der Waals surface area contributed by atoms with Crippen LogP contribution in [0, 0.1) is 0 Å². The molecule has 0 saturated carbocycles. The summed E-state index contributed by atoms with van der Waals surface area (Å²) < 4.78 is 5.71. The van der Waals surface area contributed by atoms with Crippen molar-refractivity contribution in [3.05, 3.63) is 47.5 Å². The summed E-state index contributed by atoms with van der Waals surface area (Å²) >= 11 is 1.51. The van der Waals surface area contributed by atoms with Crippen molar-refractivity contribution in [2.45, 2.75) is 45.3 Å². The molecule has 4 N–H and O–H groups in total. The van der Waals surface area contributed by atoms with Gasteiger partial charge in [-0.15, -0.1) is 10.2 Å². The second-order valence-electron chi connectivity index (χ2n) is 7.88. The molecule has 0 saturated heterocycles. The summed E-state index contributed by atoms with van der Waals surface area (Å²) in [7, 11) is 0. The van der Waals surface area contributed by atoms with Crippen LogP contribution < -0.4 is 15.8 Å². The largest absolute Gasteiger partial charge is 0.489 e. The van der Waals surface area contributed by atoms with Crippen LogP contribution in [-0.4, -0.2) is 33.9 Å². The van der Waals surface area contributed by atoms with Gasteiger partial charge in [0.15, 0.2) is 0 Å². The van der Waals surface area contributed by atoms with Crippen LogP contribution in [0.2, 0.25) is 0 Å². The van der Waals surface area contributed by atoms with Gasteiger partial charge in [0.1, 0.15) is 22.4 Å². The second kappa shape index (κ2) is 9.03. The lowest BCUT2D eigenvalue weighted by molar-refractivity contribution is -0.124. The molecule has 1 heterocycles. The van der Waals surface area contributed by atoms with E-state index >= 15 is 0 Å². The summed E-state index contributed by atoms with van der Waals surface area (Å²) in [6.07, 6.45) is 2.78. The molecule has 0 spiro atoms. The summed E-state index contributed by atoms with van der Waals surface area (Å²) in [4.78, 5) is 11.7. The summed E-state index contributed by atoms with van der Waals surface area (Å²) in [6.45, 7) is 3.42. The first kappa shape index (κ1) is 21.3. The third-order valence-electron chi connectivity index (χ3n) is 5.26. The highest BCUT2D eigenvalue weighted by molar-refractivity contribution is 7.17. The monoisotopic (exact) mass is 438 g/mol. The van der Waals surface area contributed by atoms with Gasteiger partial charge < -0.3 is 20.9 Å². The molecule has 3 aromatic rings. The molecule has 8 heteroatoms. The average Bonchev–Trinajstić information content (AvgIpc) is 3.24. The van der Waals surface area contributed by atoms with Gasteiger partial charge in [0.2, 0.25) is 5.91 Å². The third kappa shape index (κ3) is 4.55. The molecule has 0 aliphatic heterocycles. The highest BCUT2D eigenvalue weighted by Crippen LogP contribution is 2.39. The number of aliphatic hydroxyl groups excluding tert-OH is 1. The van der Waals surface area contributed by atoms with Crippen LogP contribution in [0.1, 0.15) is 43.9 Å². The van der Waals surface area contributed by atoms with E-state index in [2.05, 4.69) is 15.5 Å². The van der Waals surface area contributed by atoms with E-state index in [-0.39, 0.29) is 18.1 Å². The summed E-state index contributed by atoms with van der Waals surface area (Å²) in [5.41, 5.74) is 10.9. The number of rotatable bonds is 6. The Kier molecular flexibility index (Phi) is 6.20. The Bertz CT molecular complexity index is 1100. The van der Waals surface area contributed by atoms with E-state index in [9.17, 15) is 4.79 Å². The number of nitrogens with one attached hydrogen (secondary N) is 1. The topological polar surface area (TPSA) is 110 Å². The Morgan fingerprint density at radius 3 is 2.84 bits per heavy atom. The number of aliphatic hydroxyl groups is 1. The molecule has 1 aliphatic carbocycles. The van der Waals surface area contributed by atoms with E-state index < -0.39 is 6.61 Å². The van der Waals surface area contributed by atoms with Crippen molar-refractivity contribution >= 4 is 22.9 Å². The first-order valence-electron chi connectivity index (χ1n) is 10.4. The van der Waals surface area contributed by atoms with Crippen molar-refractivity contribution in [3.8, 4) is 26.9 Å². The van der Waals surface area contributed by atoms with E-state index in [1.54, 1.807) is 0 Å². The normalized spacial score (nSPS) is 15.5. The fourth-order valence-corrected chi connectivity index (χ4v) is 4.82. The molecular weight excluding hydrogens is 412 g/mol. The fraction of sp³-hybridized carbons (Fsp3) is 0.348. The quantitative estimate of drug-likeness (QED) is 0.506. The SMILES string of the molecule is CC(C)Oc1ccc(-c2nnc(-c3cccc4c3CCC[C@H]4NC(=O)CO)s2)cc1N. The molecular formula is C23H26N4O3S. The average molecular weight is 439 g/mol. The van der Waals surface area contributed by atoms with Gasteiger partial charge in [0.25, 0.3) is 0 Å². The minimum atomic E-state index is -0.505. The fourth-order valence-electron chi connectivity index (χ4n) is 3.93. The molecule has 0 bridgehead atoms. The number of nitrogen functional groups attached to an aromatic ring is 1. The third-order valence-corrected chi connectivity index (χ3v) is 6.27. The minimum Gasteiger partial charge on any atom is -0.489 e. The Hall–Kier alpha value is -2.97. The highest BCUT2D eigenvalue weighted by Gasteiger charge is 2.25. The maximum absolute atomic E-state index is 11.7. The Morgan fingerprint density at radius 1 is 1.29 bits per heavy atom. The van der Waals surface area contributed by atoms with Gasteiger partial charge in [-0.05, 0) is 62.4 Å². The first-order chi connectivity index (χ1) is 15.0. The number of fused-ring (bicyclic) bond motifs is 1. The number of hydrogen-bond acceptors (Lipinski definition) is 7. The Labute approximate surface area is 185 Å². The van der Waals surface area contributed by atoms with Gasteiger partial charge in [0, 0.05) is 11.1 Å². The van der Waals surface area contributed by atoms with Gasteiger partial charge in [-0.25, -0.2) is 0 Å². The molecule has 162 valence electrons. The molecule has 7 nitrogen and oxygen atoms in total. The van der Waals surface area contributed by atoms with Crippen LogP contribution in [0.5, 0.6) is 5.75 Å². The molecule has 1 atom stereocenters. The maximum Gasteiger partial charge on any atom is 0.246 e. The molecule has 0 fully saturated rings. The predicted molar refractivity (Wildman–Crippen MR) is 122 cm³/mol. The van der Waals surface area contributed by atoms with Crippen molar-refractivity contribution in [1.82, 2.24) is 15.5 Å². The second-order valence-corrected chi connectivity index (χ2v) is 8.85. The zero-order valence-electron chi connectivity index (χ0n) is 17.6. The van der Waals surface area contributed by atoms with E-state index in [4.69, 9.17) is 15.6 Å². The van der Waals surface area contributed by atoms with Crippen molar-refractivity contribution < 1.29 is 14.6 Å². The van der Waals surface area contributed by atoms with Gasteiger partial charge in [-0.2, -0.15) is 0 Å². The molecule has 0 radical (unpaired) electrons. The number of ether oxygens (including phenoxy) is 1. The van der Waals surface area contributed by atoms with Crippen LogP contribution in [0.3, 0.4) is 0 Å². The number of amides is 1. The molecule has 1 aliphatic rings. The number of nitrogens with two attached hydrogens (primary N) is 1. The number of carbonyl (C=O) groups is 1. The Balaban J connectivity index is 1.64. The molecule has 0 unspecified atom stereocenters. The van der Waals surface area contributed by atoms with E-state index in [1.165, 1.54) is 16.9 Å². The first-order valence-corrected chi connectivity index (χ1v) is 11.2. The van der Waals surface area contributed by atoms with Gasteiger partial charge >= 0.3 is 0 Å². The van der Waals surface area contributed by atoms with Crippen molar-refractivity contribution in [3.63, 3.8) is 0 Å². The molecule has 1 aromatic heterocycles. The van der Waals surface area contributed by atoms with E-state index in [1.807, 2.05) is 50.2 Å². The lowest BCUT2D eigenvalue weighted by Gasteiger charge is -2.27. The van der Waals surface area contributed by atoms with Gasteiger partial charge in [-0.1, -0.05) is 29.5 Å². The summed E-state index contributed by atoms with van der Waals surface area (Å²) in [5.74, 6) is 0.306. The lowest BCUT2D eigenvalue weighted by Crippen LogP contribution is -2.32. The Morgan fingerprint density at radius 2 is 2.10 bits per heavy atom. The summed E-state index contributed by atoms with van der Waals surface area (Å²) in [5, 5.41) is 22.5. The van der Waals surface area contributed by atoms with Gasteiger partial charge in [-0.3, -0.25) is 4.79 Å². The van der Waals surface area contributed by atoms with Crippen LogP contribution in [0.25, 0.3) is 21.1 Å². The molecule has 4 rings (SSSR count). The van der Waals surface area contributed by atoms with Gasteiger partial charge in [0.05, 0.1) is 17.8 Å². The zero-order valence-corrected chi connectivity index (χ0v) is 18.4. The minimum absolute atomic E-state index is 0.0523. The zero-order chi connectivity index (χ0) is 22.0. The number of nitrogens with zero attached hydrogens (tertiary/aromatic N) is 2. The van der Waals surface area contributed by atoms with Crippen LogP contribution >= 0.6 is 11.3 Å². The number of aromatic nitrogens is 2. The molecule has 2 aromatic carbocycles. The maximum atomic E-state index is 11.7. The van der Waals surface area contributed by atoms with Crippen LogP contribution in [0.15, 0.2) is 36.4 Å². The van der Waals surface area contributed by atoms with Crippen LogP contribution in [0.4, 0.5) is 5.69 Å². The number of hydrogen-bond donors (Lipinski definition) is 3. The van der Waals surface area contributed by atoms with Crippen molar-refractivity contribution in [1.29, 1.82) is 0 Å². The van der Waals surface area contributed by atoms with E-state index in [0.717, 1.165) is 46.0 Å². The number of carbonyl (C=O) groups excluding carboxylic acids is 1.